The van der Waals surface area contributed by atoms with Crippen LogP contribution in [0.15, 0.2) is 22.7 Å². The highest BCUT2D eigenvalue weighted by Gasteiger charge is 2.31. The Bertz CT molecular complexity index is 428. The van der Waals surface area contributed by atoms with Gasteiger partial charge in [0, 0.05) is 5.56 Å². The molecule has 3 atom stereocenters. The number of hydrogen-bond acceptors (Lipinski definition) is 2. The molecule has 0 amide bonds. The molecule has 2 nitrogen and oxygen atoms in total. The molecule has 1 aromatic rings. The lowest BCUT2D eigenvalue weighted by atomic mass is 9.72. The lowest BCUT2D eigenvalue weighted by Gasteiger charge is -2.36. The molecule has 0 bridgehead atoms. The van der Waals surface area contributed by atoms with Crippen LogP contribution in [0.4, 0.5) is 4.39 Å². The minimum Gasteiger partial charge on any atom is -0.271 e. The maximum absolute atomic E-state index is 14.2. The van der Waals surface area contributed by atoms with E-state index in [1.165, 1.54) is 6.42 Å². The zero-order valence-electron chi connectivity index (χ0n) is 11.5. The molecule has 0 heterocycles. The zero-order valence-corrected chi connectivity index (χ0v) is 13.1. The van der Waals surface area contributed by atoms with E-state index in [0.29, 0.717) is 27.8 Å². The van der Waals surface area contributed by atoms with Crippen molar-refractivity contribution in [3.05, 3.63) is 34.1 Å². The molecule has 1 aromatic carbocycles. The van der Waals surface area contributed by atoms with E-state index in [2.05, 4.69) is 35.2 Å². The average molecular weight is 329 g/mol. The molecule has 1 fully saturated rings. The van der Waals surface area contributed by atoms with Crippen LogP contribution in [0.1, 0.15) is 44.7 Å². The smallest absolute Gasteiger partial charge is 0.142 e. The first-order valence-electron chi connectivity index (χ1n) is 6.93. The van der Waals surface area contributed by atoms with Crippen LogP contribution in [0.2, 0.25) is 0 Å². The number of nitrogens with two attached hydrogens (primary N) is 1. The van der Waals surface area contributed by atoms with Crippen molar-refractivity contribution in [1.29, 1.82) is 0 Å². The van der Waals surface area contributed by atoms with E-state index in [-0.39, 0.29) is 11.9 Å². The molecule has 0 aromatic heterocycles. The molecule has 0 saturated heterocycles. The van der Waals surface area contributed by atoms with Gasteiger partial charge >= 0.3 is 0 Å². The first-order valence-corrected chi connectivity index (χ1v) is 7.72. The molecule has 1 aliphatic carbocycles. The monoisotopic (exact) mass is 328 g/mol. The topological polar surface area (TPSA) is 38.0 Å². The van der Waals surface area contributed by atoms with E-state index in [1.807, 2.05) is 12.1 Å². The van der Waals surface area contributed by atoms with Crippen LogP contribution in [-0.4, -0.2) is 0 Å². The van der Waals surface area contributed by atoms with Gasteiger partial charge in [-0.3, -0.25) is 11.3 Å². The van der Waals surface area contributed by atoms with Crippen LogP contribution in [0.5, 0.6) is 0 Å². The molecule has 3 unspecified atom stereocenters. The van der Waals surface area contributed by atoms with Gasteiger partial charge in [0.05, 0.1) is 10.5 Å². The highest BCUT2D eigenvalue weighted by Crippen LogP contribution is 2.40. The summed E-state index contributed by atoms with van der Waals surface area (Å²) < 4.78 is 14.7. The highest BCUT2D eigenvalue weighted by atomic mass is 79.9. The fraction of sp³-hybridized carbons (Fsp3) is 0.600. The summed E-state index contributed by atoms with van der Waals surface area (Å²) in [6.45, 7) is 4.54. The number of halogens is 2. The van der Waals surface area contributed by atoms with Crippen LogP contribution in [0, 0.1) is 23.6 Å². The van der Waals surface area contributed by atoms with Crippen molar-refractivity contribution in [2.45, 2.75) is 39.2 Å². The minimum atomic E-state index is -0.198. The minimum absolute atomic E-state index is 0.109. The van der Waals surface area contributed by atoms with Crippen LogP contribution in [-0.2, 0) is 0 Å². The van der Waals surface area contributed by atoms with Crippen molar-refractivity contribution in [2.75, 3.05) is 0 Å². The molecule has 4 heteroatoms. The highest BCUT2D eigenvalue weighted by molar-refractivity contribution is 9.10. The Kier molecular flexibility index (Phi) is 4.98. The molecule has 3 N–H and O–H groups in total. The first-order chi connectivity index (χ1) is 9.02. The van der Waals surface area contributed by atoms with Crippen LogP contribution < -0.4 is 11.3 Å². The van der Waals surface area contributed by atoms with Gasteiger partial charge in [0.25, 0.3) is 0 Å². The van der Waals surface area contributed by atoms with Gasteiger partial charge in [-0.05, 0) is 59.0 Å². The van der Waals surface area contributed by atoms with Gasteiger partial charge in [-0.2, -0.15) is 0 Å². The van der Waals surface area contributed by atoms with Crippen molar-refractivity contribution >= 4 is 15.9 Å². The van der Waals surface area contributed by atoms with E-state index < -0.39 is 0 Å². The van der Waals surface area contributed by atoms with Gasteiger partial charge in [0.1, 0.15) is 5.82 Å². The summed E-state index contributed by atoms with van der Waals surface area (Å²) in [6, 6.07) is 5.30. The SMILES string of the molecule is CC1CC(C)CC(C(NN)c2cccc(Br)c2F)C1. The maximum Gasteiger partial charge on any atom is 0.142 e. The standard InChI is InChI=1S/C15H22BrFN2/c1-9-6-10(2)8-11(7-9)15(19-18)12-4-3-5-13(16)14(12)17/h3-5,9-11,15,19H,6-8,18H2,1-2H3. The predicted molar refractivity (Wildman–Crippen MR) is 79.8 cm³/mol. The lowest BCUT2D eigenvalue weighted by Crippen LogP contribution is -2.37. The van der Waals surface area contributed by atoms with Crippen molar-refractivity contribution in [2.24, 2.45) is 23.6 Å². The fourth-order valence-corrected chi connectivity index (χ4v) is 3.90. The summed E-state index contributed by atoms with van der Waals surface area (Å²) in [5, 5.41) is 0. The molecule has 0 radical (unpaired) electrons. The second-order valence-electron chi connectivity index (χ2n) is 5.96. The molecular weight excluding hydrogens is 307 g/mol. The van der Waals surface area contributed by atoms with Gasteiger partial charge in [-0.25, -0.2) is 4.39 Å². The number of nitrogens with one attached hydrogen (secondary N) is 1. The van der Waals surface area contributed by atoms with E-state index in [0.717, 1.165) is 12.8 Å². The summed E-state index contributed by atoms with van der Waals surface area (Å²) in [4.78, 5) is 0. The number of rotatable bonds is 3. The quantitative estimate of drug-likeness (QED) is 0.645. The maximum atomic E-state index is 14.2. The van der Waals surface area contributed by atoms with Crippen LogP contribution >= 0.6 is 15.9 Å². The lowest BCUT2D eigenvalue weighted by molar-refractivity contribution is 0.175. The van der Waals surface area contributed by atoms with Gasteiger partial charge < -0.3 is 0 Å². The molecular formula is C15H22BrFN2. The van der Waals surface area contributed by atoms with Crippen LogP contribution in [0.25, 0.3) is 0 Å². The fourth-order valence-electron chi connectivity index (χ4n) is 3.52. The van der Waals surface area contributed by atoms with Crippen molar-refractivity contribution < 1.29 is 4.39 Å². The number of benzene rings is 1. The predicted octanol–water partition coefficient (Wildman–Crippen LogP) is 4.16. The third kappa shape index (κ3) is 3.36. The summed E-state index contributed by atoms with van der Waals surface area (Å²) in [7, 11) is 0. The molecule has 0 spiro atoms. The average Bonchev–Trinajstić information content (AvgIpc) is 2.34. The van der Waals surface area contributed by atoms with E-state index in [9.17, 15) is 4.39 Å². The van der Waals surface area contributed by atoms with Crippen molar-refractivity contribution in [3.63, 3.8) is 0 Å². The Hall–Kier alpha value is -0.450. The summed E-state index contributed by atoms with van der Waals surface area (Å²) in [6.07, 6.45) is 3.46. The Morgan fingerprint density at radius 1 is 1.26 bits per heavy atom. The van der Waals surface area contributed by atoms with E-state index in [4.69, 9.17) is 5.84 Å². The summed E-state index contributed by atoms with van der Waals surface area (Å²) in [5.74, 6) is 7.27. The first kappa shape index (κ1) is 14.9. The van der Waals surface area contributed by atoms with Gasteiger partial charge in [0.2, 0.25) is 0 Å². The molecule has 1 aliphatic rings. The second kappa shape index (κ2) is 6.33. The van der Waals surface area contributed by atoms with E-state index in [1.54, 1.807) is 6.07 Å². The Morgan fingerprint density at radius 2 is 1.89 bits per heavy atom. The molecule has 106 valence electrons. The molecule has 19 heavy (non-hydrogen) atoms. The zero-order chi connectivity index (χ0) is 14.0. The number of hydrazine groups is 1. The summed E-state index contributed by atoms with van der Waals surface area (Å²) >= 11 is 3.25. The Balaban J connectivity index is 2.26. The third-order valence-corrected chi connectivity index (χ3v) is 4.79. The van der Waals surface area contributed by atoms with Crippen molar-refractivity contribution in [1.82, 2.24) is 5.43 Å². The normalized spacial score (nSPS) is 29.2. The molecule has 0 aliphatic heterocycles. The van der Waals surface area contributed by atoms with Gasteiger partial charge in [-0.15, -0.1) is 0 Å². The molecule has 2 rings (SSSR count). The Morgan fingerprint density at radius 3 is 2.47 bits per heavy atom. The van der Waals surface area contributed by atoms with E-state index >= 15 is 0 Å². The van der Waals surface area contributed by atoms with Crippen LogP contribution in [0.3, 0.4) is 0 Å². The summed E-state index contributed by atoms with van der Waals surface area (Å²) in [5.41, 5.74) is 3.51. The third-order valence-electron chi connectivity index (χ3n) is 4.18. The van der Waals surface area contributed by atoms with Crippen molar-refractivity contribution in [3.8, 4) is 0 Å². The Labute approximate surface area is 123 Å². The largest absolute Gasteiger partial charge is 0.271 e. The van der Waals surface area contributed by atoms with Gasteiger partial charge in [-0.1, -0.05) is 26.0 Å². The number of hydrogen-bond donors (Lipinski definition) is 2. The van der Waals surface area contributed by atoms with Gasteiger partial charge in [0.15, 0.2) is 0 Å². The molecule has 1 saturated carbocycles. The second-order valence-corrected chi connectivity index (χ2v) is 6.82.